The molecule has 1 N–H and O–H groups in total. The minimum atomic E-state index is -0.137. The van der Waals surface area contributed by atoms with Crippen LogP contribution in [0.25, 0.3) is 0 Å². The number of rotatable bonds is 5. The average Bonchev–Trinajstić information content (AvgIpc) is 3.10. The van der Waals surface area contributed by atoms with E-state index >= 15 is 0 Å². The van der Waals surface area contributed by atoms with Crippen LogP contribution in [0.3, 0.4) is 0 Å². The van der Waals surface area contributed by atoms with Gasteiger partial charge in [0.05, 0.1) is 5.69 Å². The minimum Gasteiger partial charge on any atom is -0.329 e. The molecule has 0 saturated carbocycles. The van der Waals surface area contributed by atoms with Crippen molar-refractivity contribution in [2.24, 2.45) is 14.1 Å². The number of carbonyl (C=O) groups excluding carboxylic acids is 1. The predicted molar refractivity (Wildman–Crippen MR) is 95.1 cm³/mol. The summed E-state index contributed by atoms with van der Waals surface area (Å²) >= 11 is 1.64. The summed E-state index contributed by atoms with van der Waals surface area (Å²) in [6.07, 6.45) is 3.70. The second-order valence-electron chi connectivity index (χ2n) is 5.56. The molecular weight excluding hydrogens is 322 g/mol. The monoisotopic (exact) mass is 341 g/mol. The van der Waals surface area contributed by atoms with Gasteiger partial charge in [-0.25, -0.2) is 4.98 Å². The van der Waals surface area contributed by atoms with Gasteiger partial charge in [0, 0.05) is 43.9 Å². The highest BCUT2D eigenvalue weighted by Crippen LogP contribution is 2.21. The lowest BCUT2D eigenvalue weighted by Crippen LogP contribution is -2.14. The molecule has 7 heteroatoms. The van der Waals surface area contributed by atoms with Crippen molar-refractivity contribution in [3.05, 3.63) is 59.5 Å². The molecule has 0 unspecified atom stereocenters. The Kier molecular flexibility index (Phi) is 4.71. The molecule has 0 saturated heterocycles. The molecule has 2 heterocycles. The molecule has 1 aromatic carbocycles. The summed E-state index contributed by atoms with van der Waals surface area (Å²) in [6.45, 7) is 1.89. The number of benzene rings is 1. The van der Waals surface area contributed by atoms with E-state index in [-0.39, 0.29) is 5.91 Å². The first-order chi connectivity index (χ1) is 11.5. The quantitative estimate of drug-likeness (QED) is 0.725. The fourth-order valence-corrected chi connectivity index (χ4v) is 3.23. The molecule has 6 nitrogen and oxygen atoms in total. The van der Waals surface area contributed by atoms with E-state index in [1.54, 1.807) is 22.6 Å². The Morgan fingerprint density at radius 1 is 1.29 bits per heavy atom. The fourth-order valence-electron chi connectivity index (χ4n) is 2.36. The highest BCUT2D eigenvalue weighted by molar-refractivity contribution is 7.98. The maximum Gasteiger partial charge on any atom is 0.256 e. The topological polar surface area (TPSA) is 64.7 Å². The molecule has 0 aliphatic rings. The molecule has 24 heavy (non-hydrogen) atoms. The molecule has 0 atom stereocenters. The van der Waals surface area contributed by atoms with Crippen LogP contribution in [-0.4, -0.2) is 25.2 Å². The molecule has 0 aliphatic heterocycles. The lowest BCUT2D eigenvalue weighted by molar-refractivity contribution is 0.102. The van der Waals surface area contributed by atoms with Gasteiger partial charge in [0.15, 0.2) is 5.16 Å². The van der Waals surface area contributed by atoms with E-state index in [2.05, 4.69) is 15.4 Å². The van der Waals surface area contributed by atoms with Gasteiger partial charge in [-0.3, -0.25) is 9.48 Å². The number of nitrogens with zero attached hydrogens (tertiary/aromatic N) is 4. The van der Waals surface area contributed by atoms with Gasteiger partial charge in [-0.15, -0.1) is 0 Å². The zero-order valence-corrected chi connectivity index (χ0v) is 14.7. The largest absolute Gasteiger partial charge is 0.329 e. The van der Waals surface area contributed by atoms with Crippen molar-refractivity contribution < 1.29 is 4.79 Å². The molecule has 2 aromatic heterocycles. The predicted octanol–water partition coefficient (Wildman–Crippen LogP) is 3.01. The summed E-state index contributed by atoms with van der Waals surface area (Å²) in [4.78, 5) is 16.7. The van der Waals surface area contributed by atoms with Crippen molar-refractivity contribution >= 4 is 23.5 Å². The third-order valence-corrected chi connectivity index (χ3v) is 4.71. The first-order valence-corrected chi connectivity index (χ1v) is 8.52. The number of hydrogen-bond acceptors (Lipinski definition) is 4. The van der Waals surface area contributed by atoms with Crippen LogP contribution in [0.15, 0.2) is 47.9 Å². The Morgan fingerprint density at radius 2 is 2.12 bits per heavy atom. The smallest absolute Gasteiger partial charge is 0.256 e. The third-order valence-electron chi connectivity index (χ3n) is 3.58. The standard InChI is InChI=1S/C17H19N5OS/c1-12-9-15(22(3)20-12)19-16(23)14-6-4-5-13(10-14)11-24-17-18-7-8-21(17)2/h4-10H,11H2,1-3H3,(H,19,23). The van der Waals surface area contributed by atoms with E-state index in [0.29, 0.717) is 11.4 Å². The number of thioether (sulfide) groups is 1. The van der Waals surface area contributed by atoms with Crippen LogP contribution in [-0.2, 0) is 19.8 Å². The molecule has 0 bridgehead atoms. The first-order valence-electron chi connectivity index (χ1n) is 7.54. The second-order valence-corrected chi connectivity index (χ2v) is 6.50. The maximum atomic E-state index is 12.4. The molecule has 0 spiro atoms. The van der Waals surface area contributed by atoms with Gasteiger partial charge in [0.2, 0.25) is 0 Å². The summed E-state index contributed by atoms with van der Waals surface area (Å²) in [5, 5.41) is 8.08. The van der Waals surface area contributed by atoms with Crippen molar-refractivity contribution in [1.82, 2.24) is 19.3 Å². The number of aryl methyl sites for hydroxylation is 3. The Morgan fingerprint density at radius 3 is 2.79 bits per heavy atom. The van der Waals surface area contributed by atoms with Gasteiger partial charge >= 0.3 is 0 Å². The summed E-state index contributed by atoms with van der Waals surface area (Å²) < 4.78 is 3.64. The normalized spacial score (nSPS) is 10.8. The fraction of sp³-hybridized carbons (Fsp3) is 0.235. The van der Waals surface area contributed by atoms with Gasteiger partial charge in [-0.1, -0.05) is 23.9 Å². The molecule has 3 aromatic rings. The number of anilines is 1. The lowest BCUT2D eigenvalue weighted by atomic mass is 10.1. The molecular formula is C17H19N5OS. The summed E-state index contributed by atoms with van der Waals surface area (Å²) in [6, 6.07) is 9.49. The number of carbonyl (C=O) groups is 1. The molecule has 0 fully saturated rings. The Bertz CT molecular complexity index is 868. The van der Waals surface area contributed by atoms with Crippen LogP contribution in [0.2, 0.25) is 0 Å². The number of amides is 1. The first kappa shape index (κ1) is 16.3. The highest BCUT2D eigenvalue weighted by atomic mass is 32.2. The summed E-state index contributed by atoms with van der Waals surface area (Å²) in [5.41, 5.74) is 2.58. The van der Waals surface area contributed by atoms with Crippen LogP contribution in [0.5, 0.6) is 0 Å². The van der Waals surface area contributed by atoms with Gasteiger partial charge in [0.25, 0.3) is 5.91 Å². The zero-order chi connectivity index (χ0) is 17.1. The van der Waals surface area contributed by atoms with Crippen LogP contribution in [0.1, 0.15) is 21.6 Å². The van der Waals surface area contributed by atoms with Gasteiger partial charge in [-0.2, -0.15) is 5.10 Å². The van der Waals surface area contributed by atoms with Crippen molar-refractivity contribution in [2.75, 3.05) is 5.32 Å². The van der Waals surface area contributed by atoms with E-state index in [1.807, 2.05) is 62.1 Å². The van der Waals surface area contributed by atoms with E-state index in [0.717, 1.165) is 22.2 Å². The van der Waals surface area contributed by atoms with Crippen molar-refractivity contribution in [3.63, 3.8) is 0 Å². The number of aromatic nitrogens is 4. The molecule has 0 radical (unpaired) electrons. The van der Waals surface area contributed by atoms with Gasteiger partial charge < -0.3 is 9.88 Å². The lowest BCUT2D eigenvalue weighted by Gasteiger charge is -2.07. The number of nitrogens with one attached hydrogen (secondary N) is 1. The second kappa shape index (κ2) is 6.92. The molecule has 1 amide bonds. The number of imidazole rings is 1. The maximum absolute atomic E-state index is 12.4. The summed E-state index contributed by atoms with van der Waals surface area (Å²) in [5.74, 6) is 1.31. The van der Waals surface area contributed by atoms with Crippen LogP contribution >= 0.6 is 11.8 Å². The number of hydrogen-bond donors (Lipinski definition) is 1. The zero-order valence-electron chi connectivity index (χ0n) is 13.9. The van der Waals surface area contributed by atoms with Crippen LogP contribution in [0.4, 0.5) is 5.82 Å². The van der Waals surface area contributed by atoms with Crippen LogP contribution in [0, 0.1) is 6.92 Å². The Labute approximate surface area is 144 Å². The van der Waals surface area contributed by atoms with Crippen molar-refractivity contribution in [2.45, 2.75) is 17.8 Å². The highest BCUT2D eigenvalue weighted by Gasteiger charge is 2.10. The van der Waals surface area contributed by atoms with Crippen molar-refractivity contribution in [3.8, 4) is 0 Å². The summed E-state index contributed by atoms with van der Waals surface area (Å²) in [7, 11) is 3.78. The van der Waals surface area contributed by atoms with Gasteiger partial charge in [-0.05, 0) is 24.6 Å². The average molecular weight is 341 g/mol. The van der Waals surface area contributed by atoms with E-state index in [4.69, 9.17) is 0 Å². The Balaban J connectivity index is 1.69. The molecule has 0 aliphatic carbocycles. The molecule has 3 rings (SSSR count). The molecule has 124 valence electrons. The SMILES string of the molecule is Cc1cc(NC(=O)c2cccc(CSc3nccn3C)c2)n(C)n1. The van der Waals surface area contributed by atoms with Crippen molar-refractivity contribution in [1.29, 1.82) is 0 Å². The van der Waals surface area contributed by atoms with E-state index in [1.165, 1.54) is 0 Å². The third kappa shape index (κ3) is 3.68. The van der Waals surface area contributed by atoms with E-state index < -0.39 is 0 Å². The minimum absolute atomic E-state index is 0.137. The van der Waals surface area contributed by atoms with Crippen LogP contribution < -0.4 is 5.32 Å². The Hall–Kier alpha value is -2.54. The van der Waals surface area contributed by atoms with Gasteiger partial charge in [0.1, 0.15) is 5.82 Å². The van der Waals surface area contributed by atoms with E-state index in [9.17, 15) is 4.79 Å².